The first-order valence-corrected chi connectivity index (χ1v) is 6.73. The maximum Gasteiger partial charge on any atom is 0.206 e. The fraction of sp³-hybridized carbons (Fsp3) is 0. The number of aromatic nitrogens is 2. The van der Waals surface area contributed by atoms with Crippen LogP contribution < -0.4 is 5.73 Å². The number of anilines is 1. The predicted octanol–water partition coefficient (Wildman–Crippen LogP) is 4.30. The number of hydrogen-bond acceptors (Lipinski definition) is 2. The van der Waals surface area contributed by atoms with Crippen LogP contribution in [-0.4, -0.2) is 9.55 Å². The van der Waals surface area contributed by atoms with Crippen molar-refractivity contribution < 1.29 is 8.78 Å². The molecule has 2 aromatic carbocycles. The topological polar surface area (TPSA) is 43.8 Å². The van der Waals surface area contributed by atoms with Gasteiger partial charge in [0.15, 0.2) is 11.6 Å². The second-order valence-electron chi connectivity index (χ2n) is 4.13. The van der Waals surface area contributed by atoms with Crippen LogP contribution >= 0.6 is 27.5 Å². The zero-order valence-electron chi connectivity index (χ0n) is 9.87. The molecule has 3 aromatic rings. The first-order chi connectivity index (χ1) is 9.49. The summed E-state index contributed by atoms with van der Waals surface area (Å²) < 4.78 is 29.4. The number of rotatable bonds is 1. The van der Waals surface area contributed by atoms with Gasteiger partial charge in [0.05, 0.1) is 16.2 Å². The van der Waals surface area contributed by atoms with Crippen LogP contribution in [0.1, 0.15) is 0 Å². The van der Waals surface area contributed by atoms with Crippen molar-refractivity contribution in [1.82, 2.24) is 9.55 Å². The van der Waals surface area contributed by atoms with Gasteiger partial charge in [0.25, 0.3) is 0 Å². The normalized spacial score (nSPS) is 11.2. The van der Waals surface area contributed by atoms with Crippen LogP contribution in [-0.2, 0) is 0 Å². The van der Waals surface area contributed by atoms with Gasteiger partial charge in [-0.2, -0.15) is 0 Å². The number of halogens is 4. The standard InChI is InChI=1S/C13H7BrClF2N3/c14-7-2-1-6(5-8(7)15)20-12-10(19-13(20)18)4-3-9(16)11(12)17/h1-5H,(H2,18,19). The van der Waals surface area contributed by atoms with E-state index in [1.807, 2.05) is 0 Å². The van der Waals surface area contributed by atoms with Crippen molar-refractivity contribution in [2.45, 2.75) is 0 Å². The summed E-state index contributed by atoms with van der Waals surface area (Å²) in [5.74, 6) is -1.89. The molecule has 0 atom stereocenters. The Hall–Kier alpha value is -1.66. The number of benzene rings is 2. The van der Waals surface area contributed by atoms with Crippen molar-refractivity contribution in [3.63, 3.8) is 0 Å². The largest absolute Gasteiger partial charge is 0.369 e. The molecule has 7 heteroatoms. The van der Waals surface area contributed by atoms with Gasteiger partial charge in [-0.25, -0.2) is 13.8 Å². The van der Waals surface area contributed by atoms with Crippen LogP contribution in [0.5, 0.6) is 0 Å². The van der Waals surface area contributed by atoms with Gasteiger partial charge in [0.1, 0.15) is 5.52 Å². The zero-order valence-corrected chi connectivity index (χ0v) is 12.2. The lowest BCUT2D eigenvalue weighted by Gasteiger charge is -2.08. The van der Waals surface area contributed by atoms with Gasteiger partial charge in [0, 0.05) is 4.47 Å². The quantitative estimate of drug-likeness (QED) is 0.705. The maximum atomic E-state index is 14.0. The van der Waals surface area contributed by atoms with E-state index in [0.29, 0.717) is 15.2 Å². The number of imidazole rings is 1. The van der Waals surface area contributed by atoms with Crippen molar-refractivity contribution >= 4 is 44.5 Å². The Morgan fingerprint density at radius 2 is 1.95 bits per heavy atom. The van der Waals surface area contributed by atoms with E-state index in [2.05, 4.69) is 20.9 Å². The number of hydrogen-bond donors (Lipinski definition) is 1. The first kappa shape index (κ1) is 13.3. The van der Waals surface area contributed by atoms with Crippen LogP contribution in [0.4, 0.5) is 14.7 Å². The monoisotopic (exact) mass is 357 g/mol. The summed E-state index contributed by atoms with van der Waals surface area (Å²) in [6.07, 6.45) is 0. The van der Waals surface area contributed by atoms with Gasteiger partial charge in [-0.05, 0) is 46.3 Å². The minimum Gasteiger partial charge on any atom is -0.369 e. The summed E-state index contributed by atoms with van der Waals surface area (Å²) in [5, 5.41) is 0.431. The molecule has 0 bridgehead atoms. The second kappa shape index (κ2) is 4.71. The lowest BCUT2D eigenvalue weighted by Crippen LogP contribution is -2.02. The third kappa shape index (κ3) is 1.96. The molecule has 0 unspecified atom stereocenters. The lowest BCUT2D eigenvalue weighted by molar-refractivity contribution is 0.514. The molecule has 0 aliphatic heterocycles. The third-order valence-electron chi connectivity index (χ3n) is 2.90. The van der Waals surface area contributed by atoms with Crippen molar-refractivity contribution in [2.24, 2.45) is 0 Å². The average Bonchev–Trinajstić information content (AvgIpc) is 2.74. The molecule has 1 heterocycles. The van der Waals surface area contributed by atoms with Gasteiger partial charge in [-0.1, -0.05) is 11.6 Å². The average molecular weight is 359 g/mol. The van der Waals surface area contributed by atoms with Crippen LogP contribution in [0.15, 0.2) is 34.8 Å². The molecule has 0 amide bonds. The van der Waals surface area contributed by atoms with Crippen molar-refractivity contribution in [2.75, 3.05) is 5.73 Å². The molecule has 20 heavy (non-hydrogen) atoms. The van der Waals surface area contributed by atoms with Gasteiger partial charge in [0.2, 0.25) is 5.95 Å². The predicted molar refractivity (Wildman–Crippen MR) is 78.1 cm³/mol. The van der Waals surface area contributed by atoms with Crippen LogP contribution in [0.2, 0.25) is 5.02 Å². The fourth-order valence-electron chi connectivity index (χ4n) is 2.01. The highest BCUT2D eigenvalue weighted by molar-refractivity contribution is 9.10. The number of nitrogens with two attached hydrogens (primary N) is 1. The molecule has 1 aromatic heterocycles. The molecular formula is C13H7BrClF2N3. The number of nitrogen functional groups attached to an aromatic ring is 1. The molecule has 0 radical (unpaired) electrons. The van der Waals surface area contributed by atoms with E-state index in [1.54, 1.807) is 18.2 Å². The summed E-state index contributed by atoms with van der Waals surface area (Å²) in [7, 11) is 0. The highest BCUT2D eigenvalue weighted by atomic mass is 79.9. The molecule has 0 aliphatic carbocycles. The van der Waals surface area contributed by atoms with Gasteiger partial charge in [-0.3, -0.25) is 4.57 Å². The first-order valence-electron chi connectivity index (χ1n) is 5.56. The molecule has 0 aliphatic rings. The lowest BCUT2D eigenvalue weighted by atomic mass is 10.2. The summed E-state index contributed by atoms with van der Waals surface area (Å²) >= 11 is 9.28. The smallest absolute Gasteiger partial charge is 0.206 e. The molecule has 0 fully saturated rings. The zero-order chi connectivity index (χ0) is 14.4. The Kier molecular flexibility index (Phi) is 3.14. The maximum absolute atomic E-state index is 14.0. The molecule has 0 spiro atoms. The number of nitrogens with zero attached hydrogens (tertiary/aromatic N) is 2. The molecule has 3 rings (SSSR count). The third-order valence-corrected chi connectivity index (χ3v) is 4.13. The Bertz CT molecular complexity index is 832. The minimum absolute atomic E-state index is 0.0131. The second-order valence-corrected chi connectivity index (χ2v) is 5.39. The molecular weight excluding hydrogens is 352 g/mol. The SMILES string of the molecule is Nc1nc2ccc(F)c(F)c2n1-c1ccc(Br)c(Cl)c1. The fourth-order valence-corrected chi connectivity index (χ4v) is 2.43. The van der Waals surface area contributed by atoms with Gasteiger partial charge < -0.3 is 5.73 Å². The molecule has 3 nitrogen and oxygen atoms in total. The molecule has 102 valence electrons. The van der Waals surface area contributed by atoms with Crippen molar-refractivity contribution in [3.05, 3.63) is 51.5 Å². The molecule has 0 saturated heterocycles. The summed E-state index contributed by atoms with van der Waals surface area (Å²) in [4.78, 5) is 4.02. The van der Waals surface area contributed by atoms with E-state index in [4.69, 9.17) is 17.3 Å². The van der Waals surface area contributed by atoms with E-state index in [-0.39, 0.29) is 17.0 Å². The Labute approximate surface area is 126 Å². The highest BCUT2D eigenvalue weighted by Crippen LogP contribution is 2.30. The van der Waals surface area contributed by atoms with E-state index < -0.39 is 11.6 Å². The Balaban J connectivity index is 2.38. The summed E-state index contributed by atoms with van der Waals surface area (Å²) in [6, 6.07) is 7.36. The van der Waals surface area contributed by atoms with Crippen molar-refractivity contribution in [1.29, 1.82) is 0 Å². The number of fused-ring (bicyclic) bond motifs is 1. The van der Waals surface area contributed by atoms with Crippen LogP contribution in [0.3, 0.4) is 0 Å². The van der Waals surface area contributed by atoms with E-state index in [1.165, 1.54) is 10.6 Å². The van der Waals surface area contributed by atoms with Gasteiger partial charge >= 0.3 is 0 Å². The minimum atomic E-state index is -0.995. The Morgan fingerprint density at radius 1 is 1.20 bits per heavy atom. The van der Waals surface area contributed by atoms with Gasteiger partial charge in [-0.15, -0.1) is 0 Å². The van der Waals surface area contributed by atoms with Crippen molar-refractivity contribution in [3.8, 4) is 5.69 Å². The molecule has 0 saturated carbocycles. The highest BCUT2D eigenvalue weighted by Gasteiger charge is 2.17. The van der Waals surface area contributed by atoms with E-state index in [0.717, 1.165) is 6.07 Å². The van der Waals surface area contributed by atoms with Crippen LogP contribution in [0.25, 0.3) is 16.7 Å². The molecule has 2 N–H and O–H groups in total. The summed E-state index contributed by atoms with van der Waals surface area (Å²) in [5.41, 5.74) is 6.57. The van der Waals surface area contributed by atoms with E-state index >= 15 is 0 Å². The Morgan fingerprint density at radius 3 is 2.65 bits per heavy atom. The van der Waals surface area contributed by atoms with E-state index in [9.17, 15) is 8.78 Å². The van der Waals surface area contributed by atoms with Crippen LogP contribution in [0, 0.1) is 11.6 Å². The summed E-state index contributed by atoms with van der Waals surface area (Å²) in [6.45, 7) is 0.